The van der Waals surface area contributed by atoms with Crippen LogP contribution in [0.2, 0.25) is 5.02 Å². The second kappa shape index (κ2) is 11.9. The number of nitrogens with one attached hydrogen (secondary N) is 1. The minimum Gasteiger partial charge on any atom is -0.497 e. The van der Waals surface area contributed by atoms with Crippen molar-refractivity contribution in [3.63, 3.8) is 0 Å². The van der Waals surface area contributed by atoms with E-state index in [-0.39, 0.29) is 17.6 Å². The Balaban J connectivity index is 1.85. The van der Waals surface area contributed by atoms with Gasteiger partial charge in [-0.15, -0.1) is 0 Å². The summed E-state index contributed by atoms with van der Waals surface area (Å²) in [5.74, 6) is 0.174. The maximum Gasteiger partial charge on any atom is 0.279 e. The quantitative estimate of drug-likeness (QED) is 0.461. The molecule has 36 heavy (non-hydrogen) atoms. The van der Waals surface area contributed by atoms with Crippen molar-refractivity contribution in [3.05, 3.63) is 77.3 Å². The molecule has 1 N–H and O–H groups in total. The SMILES string of the molecule is COc1cc(OC)cc(N(C(=O)c2cnccn2)C(C(=O)NC2CCCCC2)c2ccc(Cl)cc2)c1. The van der Waals surface area contributed by atoms with Gasteiger partial charge in [0.05, 0.1) is 26.1 Å². The summed E-state index contributed by atoms with van der Waals surface area (Å²) in [6.45, 7) is 0. The highest BCUT2D eigenvalue weighted by atomic mass is 35.5. The van der Waals surface area contributed by atoms with Crippen molar-refractivity contribution in [2.24, 2.45) is 0 Å². The van der Waals surface area contributed by atoms with E-state index in [4.69, 9.17) is 21.1 Å². The van der Waals surface area contributed by atoms with Gasteiger partial charge in [-0.25, -0.2) is 4.98 Å². The second-order valence-corrected chi connectivity index (χ2v) is 9.07. The molecule has 0 aliphatic heterocycles. The van der Waals surface area contributed by atoms with Gasteiger partial charge in [0.25, 0.3) is 5.91 Å². The topological polar surface area (TPSA) is 93.7 Å². The van der Waals surface area contributed by atoms with Crippen molar-refractivity contribution >= 4 is 29.1 Å². The van der Waals surface area contributed by atoms with Crippen LogP contribution in [0.5, 0.6) is 11.5 Å². The van der Waals surface area contributed by atoms with Crippen molar-refractivity contribution in [2.75, 3.05) is 19.1 Å². The number of hydrogen-bond acceptors (Lipinski definition) is 6. The van der Waals surface area contributed by atoms with E-state index < -0.39 is 11.9 Å². The molecule has 8 nitrogen and oxygen atoms in total. The molecule has 2 amide bonds. The summed E-state index contributed by atoms with van der Waals surface area (Å²) in [6.07, 6.45) is 9.41. The van der Waals surface area contributed by atoms with Gasteiger partial charge >= 0.3 is 0 Å². The fraction of sp³-hybridized carbons (Fsp3) is 0.333. The number of anilines is 1. The number of carbonyl (C=O) groups excluding carboxylic acids is 2. The van der Waals surface area contributed by atoms with Crippen molar-refractivity contribution in [2.45, 2.75) is 44.2 Å². The molecule has 1 heterocycles. The zero-order valence-corrected chi connectivity index (χ0v) is 21.1. The van der Waals surface area contributed by atoms with E-state index in [2.05, 4.69) is 15.3 Å². The van der Waals surface area contributed by atoms with Crippen LogP contribution in [-0.4, -0.2) is 42.0 Å². The summed E-state index contributed by atoms with van der Waals surface area (Å²) in [5, 5.41) is 3.71. The molecule has 1 fully saturated rings. The van der Waals surface area contributed by atoms with Crippen molar-refractivity contribution in [3.8, 4) is 11.5 Å². The van der Waals surface area contributed by atoms with Gasteiger partial charge in [0, 0.05) is 41.7 Å². The lowest BCUT2D eigenvalue weighted by atomic mass is 9.94. The molecule has 2 aromatic carbocycles. The summed E-state index contributed by atoms with van der Waals surface area (Å²) < 4.78 is 10.9. The van der Waals surface area contributed by atoms with Crippen LogP contribution in [0.3, 0.4) is 0 Å². The number of hydrogen-bond donors (Lipinski definition) is 1. The van der Waals surface area contributed by atoms with E-state index in [0.29, 0.717) is 27.8 Å². The Labute approximate surface area is 215 Å². The maximum atomic E-state index is 14.0. The van der Waals surface area contributed by atoms with Crippen LogP contribution in [0.4, 0.5) is 5.69 Å². The molecule has 0 bridgehead atoms. The lowest BCUT2D eigenvalue weighted by Crippen LogP contribution is -2.47. The lowest BCUT2D eigenvalue weighted by Gasteiger charge is -2.33. The number of rotatable bonds is 8. The number of halogens is 1. The van der Waals surface area contributed by atoms with E-state index in [0.717, 1.165) is 32.1 Å². The van der Waals surface area contributed by atoms with Crippen molar-refractivity contribution in [1.29, 1.82) is 0 Å². The average Bonchev–Trinajstić information content (AvgIpc) is 2.92. The molecule has 1 aliphatic carbocycles. The summed E-state index contributed by atoms with van der Waals surface area (Å²) in [7, 11) is 3.06. The van der Waals surface area contributed by atoms with E-state index >= 15 is 0 Å². The highest BCUT2D eigenvalue weighted by Crippen LogP contribution is 2.35. The molecule has 1 aromatic heterocycles. The summed E-state index contributed by atoms with van der Waals surface area (Å²) in [5.41, 5.74) is 1.12. The summed E-state index contributed by atoms with van der Waals surface area (Å²) in [6, 6.07) is 11.0. The number of amides is 2. The molecule has 0 radical (unpaired) electrons. The zero-order valence-electron chi connectivity index (χ0n) is 20.3. The molecule has 1 aliphatic rings. The summed E-state index contributed by atoms with van der Waals surface area (Å²) in [4.78, 5) is 37.6. The third-order valence-electron chi connectivity index (χ3n) is 6.26. The Morgan fingerprint density at radius 1 is 1.00 bits per heavy atom. The largest absolute Gasteiger partial charge is 0.497 e. The third kappa shape index (κ3) is 5.94. The van der Waals surface area contributed by atoms with E-state index in [1.807, 2.05) is 0 Å². The fourth-order valence-electron chi connectivity index (χ4n) is 4.44. The Morgan fingerprint density at radius 2 is 1.67 bits per heavy atom. The predicted molar refractivity (Wildman–Crippen MR) is 138 cm³/mol. The molecule has 1 saturated carbocycles. The van der Waals surface area contributed by atoms with Gasteiger partial charge in [-0.05, 0) is 30.5 Å². The highest BCUT2D eigenvalue weighted by molar-refractivity contribution is 6.30. The summed E-state index contributed by atoms with van der Waals surface area (Å²) >= 11 is 6.15. The number of ether oxygens (including phenoxy) is 2. The number of benzene rings is 2. The standard InChI is InChI=1S/C27H29ClN4O4/c1-35-22-14-21(15-23(16-22)36-2)32(27(34)24-17-29-12-13-30-24)25(18-8-10-19(28)11-9-18)26(33)31-20-6-4-3-5-7-20/h8-17,20,25H,3-7H2,1-2H3,(H,31,33). The first-order valence-corrected chi connectivity index (χ1v) is 12.3. The Bertz CT molecular complexity index is 1160. The first-order valence-electron chi connectivity index (χ1n) is 11.9. The molecule has 0 spiro atoms. The fourth-order valence-corrected chi connectivity index (χ4v) is 4.56. The van der Waals surface area contributed by atoms with Gasteiger partial charge in [0.15, 0.2) is 0 Å². The molecule has 1 atom stereocenters. The van der Waals surface area contributed by atoms with Gasteiger partial charge < -0.3 is 14.8 Å². The van der Waals surface area contributed by atoms with Crippen LogP contribution in [0.25, 0.3) is 0 Å². The van der Waals surface area contributed by atoms with E-state index in [9.17, 15) is 9.59 Å². The Kier molecular flexibility index (Phi) is 8.38. The van der Waals surface area contributed by atoms with Crippen LogP contribution in [0, 0.1) is 0 Å². The normalized spacial score (nSPS) is 14.5. The monoisotopic (exact) mass is 508 g/mol. The van der Waals surface area contributed by atoms with Crippen molar-refractivity contribution in [1.82, 2.24) is 15.3 Å². The van der Waals surface area contributed by atoms with Crippen molar-refractivity contribution < 1.29 is 19.1 Å². The lowest BCUT2D eigenvalue weighted by molar-refractivity contribution is -0.123. The number of aromatic nitrogens is 2. The molecule has 3 aromatic rings. The first-order chi connectivity index (χ1) is 17.5. The Morgan fingerprint density at radius 3 is 2.25 bits per heavy atom. The van der Waals surface area contributed by atoms with Gasteiger partial charge in [-0.2, -0.15) is 0 Å². The highest BCUT2D eigenvalue weighted by Gasteiger charge is 2.35. The minimum absolute atomic E-state index is 0.0503. The third-order valence-corrected chi connectivity index (χ3v) is 6.51. The number of nitrogens with zero attached hydrogens (tertiary/aromatic N) is 3. The predicted octanol–water partition coefficient (Wildman–Crippen LogP) is 4.98. The number of methoxy groups -OCH3 is 2. The van der Waals surface area contributed by atoms with E-state index in [1.165, 1.54) is 37.7 Å². The van der Waals surface area contributed by atoms with E-state index in [1.54, 1.807) is 42.5 Å². The molecule has 4 rings (SSSR count). The minimum atomic E-state index is -1.00. The maximum absolute atomic E-state index is 14.0. The smallest absolute Gasteiger partial charge is 0.279 e. The first kappa shape index (κ1) is 25.4. The molecule has 0 saturated heterocycles. The van der Waals surface area contributed by atoms with Gasteiger partial charge in [-0.1, -0.05) is 43.0 Å². The van der Waals surface area contributed by atoms with Gasteiger partial charge in [0.1, 0.15) is 23.2 Å². The van der Waals surface area contributed by atoms with Crippen LogP contribution < -0.4 is 19.7 Å². The van der Waals surface area contributed by atoms with Gasteiger partial charge in [0.2, 0.25) is 5.91 Å². The van der Waals surface area contributed by atoms with Crippen LogP contribution in [0.15, 0.2) is 61.1 Å². The molecular formula is C27H29ClN4O4. The van der Waals surface area contributed by atoms with Crippen LogP contribution in [-0.2, 0) is 4.79 Å². The number of carbonyl (C=O) groups is 2. The molecule has 188 valence electrons. The Hall–Kier alpha value is -3.65. The molecule has 9 heteroatoms. The van der Waals surface area contributed by atoms with Crippen LogP contribution in [0.1, 0.15) is 54.2 Å². The molecular weight excluding hydrogens is 480 g/mol. The average molecular weight is 509 g/mol. The van der Waals surface area contributed by atoms with Gasteiger partial charge in [-0.3, -0.25) is 19.5 Å². The second-order valence-electron chi connectivity index (χ2n) is 8.63. The molecule has 1 unspecified atom stereocenters. The zero-order chi connectivity index (χ0) is 25.5. The van der Waals surface area contributed by atoms with Crippen LogP contribution >= 0.6 is 11.6 Å².